The van der Waals surface area contributed by atoms with Crippen LogP contribution in [0, 0.1) is 5.92 Å². The summed E-state index contributed by atoms with van der Waals surface area (Å²) in [6.45, 7) is 7.57. The van der Waals surface area contributed by atoms with Crippen LogP contribution in [0.3, 0.4) is 0 Å². The van der Waals surface area contributed by atoms with Crippen molar-refractivity contribution in [2.75, 3.05) is 18.5 Å². The van der Waals surface area contributed by atoms with Crippen LogP contribution in [-0.4, -0.2) is 30.3 Å². The van der Waals surface area contributed by atoms with Crippen LogP contribution in [0.1, 0.15) is 31.1 Å². The number of carboxylic acids is 1. The van der Waals surface area contributed by atoms with Gasteiger partial charge in [0.1, 0.15) is 0 Å². The van der Waals surface area contributed by atoms with Gasteiger partial charge in [0.15, 0.2) is 0 Å². The second-order valence-electron chi connectivity index (χ2n) is 4.54. The second-order valence-corrected chi connectivity index (χ2v) is 4.54. The number of hydrogen-bond donors (Lipinski definition) is 2. The smallest absolute Gasteiger partial charge is 0.335 e. The van der Waals surface area contributed by atoms with E-state index in [9.17, 15) is 4.79 Å². The maximum Gasteiger partial charge on any atom is 0.335 e. The Balaban J connectivity index is 2.65. The van der Waals surface area contributed by atoms with Gasteiger partial charge in [0.05, 0.1) is 18.2 Å². The monoisotopic (exact) mass is 251 g/mol. The lowest BCUT2D eigenvalue weighted by atomic mass is 10.0. The Morgan fingerprint density at radius 1 is 1.33 bits per heavy atom. The minimum Gasteiger partial charge on any atom is -0.478 e. The summed E-state index contributed by atoms with van der Waals surface area (Å²) in [6, 6.07) is 6.99. The lowest BCUT2D eigenvalue weighted by Gasteiger charge is -2.23. The molecule has 1 rings (SSSR count). The fraction of sp³-hybridized carbons (Fsp3) is 0.500. The van der Waals surface area contributed by atoms with E-state index in [1.165, 1.54) is 0 Å². The van der Waals surface area contributed by atoms with E-state index in [1.54, 1.807) is 24.3 Å². The number of nitrogens with one attached hydrogen (secondary N) is 1. The molecule has 0 aliphatic rings. The average molecular weight is 251 g/mol. The second kappa shape index (κ2) is 7.01. The lowest BCUT2D eigenvalue weighted by molar-refractivity contribution is 0.0697. The topological polar surface area (TPSA) is 58.6 Å². The molecule has 0 spiro atoms. The van der Waals surface area contributed by atoms with E-state index >= 15 is 0 Å². The van der Waals surface area contributed by atoms with Gasteiger partial charge in [0.25, 0.3) is 0 Å². The zero-order chi connectivity index (χ0) is 13.5. The highest BCUT2D eigenvalue weighted by Gasteiger charge is 2.13. The third-order valence-electron chi connectivity index (χ3n) is 2.79. The van der Waals surface area contributed by atoms with E-state index in [2.05, 4.69) is 19.2 Å². The fourth-order valence-electron chi connectivity index (χ4n) is 1.57. The first-order chi connectivity index (χ1) is 8.54. The van der Waals surface area contributed by atoms with Gasteiger partial charge in [-0.2, -0.15) is 0 Å². The predicted octanol–water partition coefficient (Wildman–Crippen LogP) is 2.86. The lowest BCUT2D eigenvalue weighted by Crippen LogP contribution is -2.30. The molecule has 1 unspecified atom stereocenters. The van der Waals surface area contributed by atoms with Gasteiger partial charge in [-0.15, -0.1) is 0 Å². The Bertz CT molecular complexity index is 373. The van der Waals surface area contributed by atoms with Crippen molar-refractivity contribution in [3.05, 3.63) is 29.8 Å². The van der Waals surface area contributed by atoms with Crippen molar-refractivity contribution in [2.45, 2.75) is 26.8 Å². The molecule has 0 heterocycles. The summed E-state index contributed by atoms with van der Waals surface area (Å²) in [7, 11) is 0. The van der Waals surface area contributed by atoms with Crippen molar-refractivity contribution in [1.82, 2.24) is 0 Å². The van der Waals surface area contributed by atoms with Crippen LogP contribution in [-0.2, 0) is 4.74 Å². The highest BCUT2D eigenvalue weighted by atomic mass is 16.5. The number of rotatable bonds is 7. The van der Waals surface area contributed by atoms with Crippen LogP contribution >= 0.6 is 0 Å². The summed E-state index contributed by atoms with van der Waals surface area (Å²) >= 11 is 0. The molecule has 0 fully saturated rings. The van der Waals surface area contributed by atoms with E-state index < -0.39 is 5.97 Å². The Labute approximate surface area is 108 Å². The highest BCUT2D eigenvalue weighted by molar-refractivity contribution is 5.87. The van der Waals surface area contributed by atoms with Crippen molar-refractivity contribution in [3.63, 3.8) is 0 Å². The van der Waals surface area contributed by atoms with Gasteiger partial charge in [-0.3, -0.25) is 0 Å². The molecule has 1 atom stereocenters. The van der Waals surface area contributed by atoms with E-state index in [0.29, 0.717) is 24.7 Å². The molecule has 1 aromatic rings. The molecule has 0 bridgehead atoms. The molecular weight excluding hydrogens is 230 g/mol. The van der Waals surface area contributed by atoms with E-state index in [0.717, 1.165) is 5.69 Å². The van der Waals surface area contributed by atoms with Crippen molar-refractivity contribution in [1.29, 1.82) is 0 Å². The van der Waals surface area contributed by atoms with Crippen LogP contribution < -0.4 is 5.32 Å². The van der Waals surface area contributed by atoms with Crippen molar-refractivity contribution in [2.24, 2.45) is 5.92 Å². The third kappa shape index (κ3) is 4.37. The number of hydrogen-bond acceptors (Lipinski definition) is 3. The number of anilines is 1. The summed E-state index contributed by atoms with van der Waals surface area (Å²) in [4.78, 5) is 10.7. The third-order valence-corrected chi connectivity index (χ3v) is 2.79. The quantitative estimate of drug-likeness (QED) is 0.782. The average Bonchev–Trinajstić information content (AvgIpc) is 2.34. The molecule has 2 N–H and O–H groups in total. The molecule has 4 nitrogen and oxygen atoms in total. The first-order valence-electron chi connectivity index (χ1n) is 6.22. The Hall–Kier alpha value is -1.55. The van der Waals surface area contributed by atoms with Gasteiger partial charge < -0.3 is 15.2 Å². The first-order valence-corrected chi connectivity index (χ1v) is 6.22. The summed E-state index contributed by atoms with van der Waals surface area (Å²) in [5, 5.41) is 12.2. The SMILES string of the molecule is CCOCC(Nc1ccc(C(=O)O)cc1)C(C)C. The van der Waals surface area contributed by atoms with Crippen LogP contribution in [0.15, 0.2) is 24.3 Å². The minimum absolute atomic E-state index is 0.223. The Morgan fingerprint density at radius 3 is 2.39 bits per heavy atom. The molecule has 18 heavy (non-hydrogen) atoms. The molecule has 0 radical (unpaired) electrons. The maximum absolute atomic E-state index is 10.7. The van der Waals surface area contributed by atoms with E-state index in [-0.39, 0.29) is 6.04 Å². The fourth-order valence-corrected chi connectivity index (χ4v) is 1.57. The number of aromatic carboxylic acids is 1. The molecule has 0 saturated carbocycles. The van der Waals surface area contributed by atoms with Crippen LogP contribution in [0.5, 0.6) is 0 Å². The van der Waals surface area contributed by atoms with E-state index in [1.807, 2.05) is 6.92 Å². The van der Waals surface area contributed by atoms with Crippen molar-refractivity contribution < 1.29 is 14.6 Å². The van der Waals surface area contributed by atoms with Gasteiger partial charge in [-0.05, 0) is 37.1 Å². The molecule has 1 aromatic carbocycles. The summed E-state index contributed by atoms with van der Waals surface area (Å²) in [5.41, 5.74) is 1.21. The van der Waals surface area contributed by atoms with E-state index in [4.69, 9.17) is 9.84 Å². The molecule has 0 aliphatic carbocycles. The molecule has 100 valence electrons. The zero-order valence-corrected chi connectivity index (χ0v) is 11.1. The first kappa shape index (κ1) is 14.5. The van der Waals surface area contributed by atoms with Crippen LogP contribution in [0.4, 0.5) is 5.69 Å². The Morgan fingerprint density at radius 2 is 1.94 bits per heavy atom. The van der Waals surface area contributed by atoms with Gasteiger partial charge in [-0.25, -0.2) is 4.79 Å². The molecule has 4 heteroatoms. The van der Waals surface area contributed by atoms with Gasteiger partial charge in [-0.1, -0.05) is 13.8 Å². The molecule has 0 amide bonds. The zero-order valence-electron chi connectivity index (χ0n) is 11.1. The van der Waals surface area contributed by atoms with Gasteiger partial charge in [0, 0.05) is 12.3 Å². The summed E-state index contributed by atoms with van der Waals surface area (Å²) in [6.07, 6.45) is 0. The van der Waals surface area contributed by atoms with Crippen LogP contribution in [0.25, 0.3) is 0 Å². The maximum atomic E-state index is 10.7. The van der Waals surface area contributed by atoms with Gasteiger partial charge >= 0.3 is 5.97 Å². The predicted molar refractivity (Wildman–Crippen MR) is 72.1 cm³/mol. The number of carboxylic acid groups (broad SMARTS) is 1. The summed E-state index contributed by atoms with van der Waals surface area (Å²) < 4.78 is 5.43. The number of ether oxygens (including phenoxy) is 1. The molecule has 0 aromatic heterocycles. The van der Waals surface area contributed by atoms with Crippen molar-refractivity contribution in [3.8, 4) is 0 Å². The largest absolute Gasteiger partial charge is 0.478 e. The van der Waals surface area contributed by atoms with Gasteiger partial charge in [0.2, 0.25) is 0 Å². The minimum atomic E-state index is -0.906. The standard InChI is InChI=1S/C14H21NO3/c1-4-18-9-13(10(2)3)15-12-7-5-11(6-8-12)14(16)17/h5-8,10,13,15H,4,9H2,1-3H3,(H,16,17). The number of carbonyl (C=O) groups is 1. The highest BCUT2D eigenvalue weighted by Crippen LogP contribution is 2.14. The van der Waals surface area contributed by atoms with Crippen molar-refractivity contribution >= 4 is 11.7 Å². The normalized spacial score (nSPS) is 12.4. The Kier molecular flexibility index (Phi) is 5.65. The molecule has 0 saturated heterocycles. The molecule has 0 aliphatic heterocycles. The molecular formula is C14H21NO3. The number of benzene rings is 1. The summed E-state index contributed by atoms with van der Waals surface area (Å²) in [5.74, 6) is -0.466. The van der Waals surface area contributed by atoms with Crippen LogP contribution in [0.2, 0.25) is 0 Å².